The number of nitrogens with one attached hydrogen (secondary N) is 1. The fraction of sp³-hybridized carbons (Fsp3) is 0.136. The van der Waals surface area contributed by atoms with Crippen LogP contribution in [0.5, 0.6) is 11.5 Å². The van der Waals surface area contributed by atoms with Crippen LogP contribution in [0.1, 0.15) is 10.4 Å². The number of fused-ring (bicyclic) bond motifs is 1. The molecule has 1 amide bonds. The molecule has 0 unspecified atom stereocenters. The summed E-state index contributed by atoms with van der Waals surface area (Å²) in [6, 6.07) is 15.8. The number of halogens is 1. The minimum absolute atomic E-state index is 0.00443. The summed E-state index contributed by atoms with van der Waals surface area (Å²) in [5.41, 5.74) is 1.48. The van der Waals surface area contributed by atoms with E-state index >= 15 is 0 Å². The second kappa shape index (κ2) is 7.92. The number of rotatable bonds is 5. The molecule has 7 nitrogen and oxygen atoms in total. The first-order valence-corrected chi connectivity index (χ1v) is 11.1. The molecule has 0 saturated carbocycles. The number of anilines is 2. The highest BCUT2D eigenvalue weighted by molar-refractivity contribution is 7.92. The maximum atomic E-state index is 14.3. The monoisotopic (exact) mass is 442 g/mol. The van der Waals surface area contributed by atoms with Crippen molar-refractivity contribution >= 4 is 27.3 Å². The normalized spacial score (nSPS) is 12.5. The lowest BCUT2D eigenvalue weighted by molar-refractivity contribution is 0.102. The van der Waals surface area contributed by atoms with E-state index < -0.39 is 21.7 Å². The van der Waals surface area contributed by atoms with Crippen LogP contribution >= 0.6 is 0 Å². The van der Waals surface area contributed by atoms with Crippen molar-refractivity contribution in [2.75, 3.05) is 29.7 Å². The Morgan fingerprint density at radius 2 is 1.84 bits per heavy atom. The van der Waals surface area contributed by atoms with Crippen molar-refractivity contribution < 1.29 is 27.1 Å². The van der Waals surface area contributed by atoms with Gasteiger partial charge in [-0.05, 0) is 35.9 Å². The van der Waals surface area contributed by atoms with Gasteiger partial charge >= 0.3 is 0 Å². The number of sulfonamides is 1. The van der Waals surface area contributed by atoms with Crippen LogP contribution in [0.4, 0.5) is 15.8 Å². The van der Waals surface area contributed by atoms with Crippen molar-refractivity contribution in [3.63, 3.8) is 0 Å². The zero-order valence-electron chi connectivity index (χ0n) is 16.8. The summed E-state index contributed by atoms with van der Waals surface area (Å²) in [6.45, 7) is 0.00443. The average molecular weight is 442 g/mol. The van der Waals surface area contributed by atoms with Gasteiger partial charge in [0.05, 0.1) is 23.2 Å². The molecule has 4 rings (SSSR count). The van der Waals surface area contributed by atoms with Gasteiger partial charge in [0.1, 0.15) is 5.82 Å². The Morgan fingerprint density at radius 1 is 1.06 bits per heavy atom. The summed E-state index contributed by atoms with van der Waals surface area (Å²) in [5.74, 6) is -0.198. The Hall–Kier alpha value is -3.59. The van der Waals surface area contributed by atoms with E-state index in [4.69, 9.17) is 9.47 Å². The molecule has 1 N–H and O–H groups in total. The summed E-state index contributed by atoms with van der Waals surface area (Å²) in [7, 11) is -2.24. The molecule has 0 radical (unpaired) electrons. The predicted molar refractivity (Wildman–Crippen MR) is 116 cm³/mol. The second-order valence-electron chi connectivity index (χ2n) is 6.94. The molecular formula is C22H19FN2O5S. The molecular weight excluding hydrogens is 423 g/mol. The molecule has 0 spiro atoms. The van der Waals surface area contributed by atoms with Crippen molar-refractivity contribution in [3.8, 4) is 22.6 Å². The lowest BCUT2D eigenvalue weighted by atomic mass is 10.0. The molecule has 3 aromatic carbocycles. The minimum Gasteiger partial charge on any atom is -0.454 e. The topological polar surface area (TPSA) is 84.9 Å². The van der Waals surface area contributed by atoms with Crippen molar-refractivity contribution in [2.45, 2.75) is 0 Å². The van der Waals surface area contributed by atoms with E-state index in [1.807, 2.05) is 0 Å². The van der Waals surface area contributed by atoms with Gasteiger partial charge in [-0.25, -0.2) is 12.8 Å². The number of carbonyl (C=O) groups excluding carboxylic acids is 1. The van der Waals surface area contributed by atoms with Gasteiger partial charge in [-0.2, -0.15) is 0 Å². The molecule has 160 valence electrons. The highest BCUT2D eigenvalue weighted by atomic mass is 32.2. The quantitative estimate of drug-likeness (QED) is 0.649. The highest BCUT2D eigenvalue weighted by Gasteiger charge is 2.24. The smallest absolute Gasteiger partial charge is 0.259 e. The Kier molecular flexibility index (Phi) is 5.28. The molecule has 0 fully saturated rings. The minimum atomic E-state index is -3.61. The van der Waals surface area contributed by atoms with Crippen LogP contribution in [0.25, 0.3) is 11.1 Å². The van der Waals surface area contributed by atoms with E-state index in [9.17, 15) is 17.6 Å². The van der Waals surface area contributed by atoms with Crippen LogP contribution in [0, 0.1) is 5.82 Å². The van der Waals surface area contributed by atoms with E-state index in [0.717, 1.165) is 10.6 Å². The molecule has 3 aromatic rings. The van der Waals surface area contributed by atoms with Gasteiger partial charge in [0.2, 0.25) is 16.8 Å². The maximum Gasteiger partial charge on any atom is 0.259 e. The first-order chi connectivity index (χ1) is 14.8. The highest BCUT2D eigenvalue weighted by Crippen LogP contribution is 2.37. The van der Waals surface area contributed by atoms with Crippen LogP contribution in [0.2, 0.25) is 0 Å². The van der Waals surface area contributed by atoms with Gasteiger partial charge in [-0.15, -0.1) is 0 Å². The first-order valence-electron chi connectivity index (χ1n) is 9.28. The van der Waals surface area contributed by atoms with Gasteiger partial charge in [-0.3, -0.25) is 9.10 Å². The Balaban J connectivity index is 1.78. The molecule has 0 aliphatic carbocycles. The molecule has 1 aliphatic heterocycles. The van der Waals surface area contributed by atoms with Gasteiger partial charge < -0.3 is 14.8 Å². The number of nitrogens with zero attached hydrogens (tertiary/aromatic N) is 1. The van der Waals surface area contributed by atoms with Crippen molar-refractivity contribution in [2.24, 2.45) is 0 Å². The van der Waals surface area contributed by atoms with Gasteiger partial charge in [0.25, 0.3) is 5.91 Å². The third kappa shape index (κ3) is 4.04. The maximum absolute atomic E-state index is 14.3. The van der Waals surface area contributed by atoms with Crippen LogP contribution in [0.15, 0.2) is 60.7 Å². The molecule has 0 aromatic heterocycles. The molecule has 1 aliphatic rings. The van der Waals surface area contributed by atoms with E-state index in [0.29, 0.717) is 22.6 Å². The van der Waals surface area contributed by atoms with E-state index in [1.165, 1.54) is 25.2 Å². The fourth-order valence-corrected chi connectivity index (χ4v) is 3.77. The first kappa shape index (κ1) is 20.7. The number of hydrogen-bond donors (Lipinski definition) is 1. The zero-order valence-corrected chi connectivity index (χ0v) is 17.6. The summed E-state index contributed by atoms with van der Waals surface area (Å²) in [6.07, 6.45) is 1.05. The van der Waals surface area contributed by atoms with Crippen molar-refractivity contribution in [1.82, 2.24) is 0 Å². The second-order valence-corrected chi connectivity index (χ2v) is 8.95. The molecule has 31 heavy (non-hydrogen) atoms. The van der Waals surface area contributed by atoms with Crippen LogP contribution in [-0.4, -0.2) is 34.4 Å². The average Bonchev–Trinajstić information content (AvgIpc) is 3.22. The summed E-state index contributed by atoms with van der Waals surface area (Å²) in [5, 5.41) is 2.74. The number of hydrogen-bond acceptors (Lipinski definition) is 5. The SMILES string of the molecule is CN(c1ccc(-c2ccccc2F)cc1NC(=O)c1cccc2c1OCO2)S(C)(=O)=O. The zero-order chi connectivity index (χ0) is 22.2. The third-order valence-corrected chi connectivity index (χ3v) is 6.10. The third-order valence-electron chi connectivity index (χ3n) is 4.91. The van der Waals surface area contributed by atoms with Gasteiger partial charge in [0.15, 0.2) is 11.5 Å². The van der Waals surface area contributed by atoms with Gasteiger partial charge in [-0.1, -0.05) is 30.3 Å². The van der Waals surface area contributed by atoms with Crippen molar-refractivity contribution in [3.05, 3.63) is 72.0 Å². The Morgan fingerprint density at radius 3 is 2.58 bits per heavy atom. The van der Waals surface area contributed by atoms with Crippen LogP contribution < -0.4 is 19.1 Å². The lowest BCUT2D eigenvalue weighted by Crippen LogP contribution is -2.26. The van der Waals surface area contributed by atoms with Crippen molar-refractivity contribution in [1.29, 1.82) is 0 Å². The molecule has 0 saturated heterocycles. The van der Waals surface area contributed by atoms with Gasteiger partial charge in [0, 0.05) is 12.6 Å². The Labute approximate surface area is 179 Å². The summed E-state index contributed by atoms with van der Waals surface area (Å²) in [4.78, 5) is 13.0. The molecule has 0 bridgehead atoms. The number of para-hydroxylation sites is 1. The lowest BCUT2D eigenvalue weighted by Gasteiger charge is -2.21. The van der Waals surface area contributed by atoms with E-state index in [-0.39, 0.29) is 23.7 Å². The standard InChI is InChI=1S/C22H19FN2O5S/c1-25(31(2,27)28)19-11-10-14(15-6-3-4-8-17(15)23)12-18(19)24-22(26)16-7-5-9-20-21(16)30-13-29-20/h3-12H,13H2,1-2H3,(H,24,26). The van der Waals surface area contributed by atoms with E-state index in [1.54, 1.807) is 42.5 Å². The van der Waals surface area contributed by atoms with Crippen LogP contribution in [0.3, 0.4) is 0 Å². The number of carbonyl (C=O) groups is 1. The predicted octanol–water partition coefficient (Wildman–Crippen LogP) is 3.87. The van der Waals surface area contributed by atoms with Crippen LogP contribution in [-0.2, 0) is 10.0 Å². The number of benzene rings is 3. The fourth-order valence-electron chi connectivity index (χ4n) is 3.25. The summed E-state index contributed by atoms with van der Waals surface area (Å²) < 4.78 is 50.3. The van der Waals surface area contributed by atoms with E-state index in [2.05, 4.69) is 5.32 Å². The molecule has 9 heteroatoms. The number of ether oxygens (including phenoxy) is 2. The molecule has 1 heterocycles. The molecule has 0 atom stereocenters. The Bertz CT molecular complexity index is 1280. The summed E-state index contributed by atoms with van der Waals surface area (Å²) >= 11 is 0. The number of amides is 1. The largest absolute Gasteiger partial charge is 0.454 e.